The van der Waals surface area contributed by atoms with Gasteiger partial charge in [0.2, 0.25) is 5.91 Å². The highest BCUT2D eigenvalue weighted by Gasteiger charge is 2.33. The summed E-state index contributed by atoms with van der Waals surface area (Å²) in [5, 5.41) is 6.76. The lowest BCUT2D eigenvalue weighted by molar-refractivity contribution is -0.274. The van der Waals surface area contributed by atoms with Crippen LogP contribution in [-0.2, 0) is 4.79 Å². The van der Waals surface area contributed by atoms with E-state index in [4.69, 9.17) is 0 Å². The summed E-state index contributed by atoms with van der Waals surface area (Å²) in [4.78, 5) is 37.5. The number of benzene rings is 3. The Kier molecular flexibility index (Phi) is 9.51. The van der Waals surface area contributed by atoms with Crippen LogP contribution in [0.5, 0.6) is 5.75 Å². The summed E-state index contributed by atoms with van der Waals surface area (Å²) in [5.74, 6) is -0.526. The normalized spacial score (nSPS) is 14.4. The van der Waals surface area contributed by atoms with Crippen molar-refractivity contribution < 1.29 is 36.3 Å². The zero-order valence-corrected chi connectivity index (χ0v) is 26.2. The highest BCUT2D eigenvalue weighted by atomic mass is 32.2. The molecule has 1 aromatic heterocycles. The Labute approximate surface area is 270 Å². The number of thioether (sulfide) groups is 1. The fourth-order valence-corrected chi connectivity index (χ4v) is 5.58. The van der Waals surface area contributed by atoms with Crippen LogP contribution in [0.2, 0.25) is 0 Å². The van der Waals surface area contributed by atoms with Gasteiger partial charge in [0.1, 0.15) is 12.1 Å². The van der Waals surface area contributed by atoms with Crippen LogP contribution in [0.4, 0.5) is 43.8 Å². The SMILES string of the molecule is CC(C)c1ccc(N(C)C)cc1N1C(=O)CSC1=NC(=O)Nc1ccc(-c2ncn(-c3ccc(OC(F)(F)F)cc3)n2)cc1C(F)F. The second kappa shape index (κ2) is 13.4. The number of ether oxygens (including phenoxy) is 1. The van der Waals surface area contributed by atoms with E-state index >= 15 is 0 Å². The number of nitrogens with zero attached hydrogens (tertiary/aromatic N) is 6. The number of amides is 3. The van der Waals surface area contributed by atoms with Crippen molar-refractivity contribution in [1.82, 2.24) is 14.8 Å². The summed E-state index contributed by atoms with van der Waals surface area (Å²) in [7, 11) is 3.73. The van der Waals surface area contributed by atoms with E-state index < -0.39 is 30.1 Å². The molecule has 2 heterocycles. The molecule has 0 atom stereocenters. The number of nitrogens with one attached hydrogen (secondary N) is 1. The van der Waals surface area contributed by atoms with Gasteiger partial charge in [-0.2, -0.15) is 4.99 Å². The Morgan fingerprint density at radius 3 is 2.40 bits per heavy atom. The molecule has 0 radical (unpaired) electrons. The molecular formula is C31H28F5N7O3S. The molecule has 16 heteroatoms. The highest BCUT2D eigenvalue weighted by Crippen LogP contribution is 2.37. The average Bonchev–Trinajstić information content (AvgIpc) is 3.63. The molecule has 4 aromatic rings. The van der Waals surface area contributed by atoms with Crippen LogP contribution >= 0.6 is 11.8 Å². The fourth-order valence-electron chi connectivity index (χ4n) is 4.72. The number of anilines is 3. The summed E-state index contributed by atoms with van der Waals surface area (Å²) in [6.45, 7) is 3.96. The van der Waals surface area contributed by atoms with Gasteiger partial charge in [-0.05, 0) is 66.1 Å². The first kappa shape index (κ1) is 33.4. The molecule has 5 rings (SSSR count). The lowest BCUT2D eigenvalue weighted by atomic mass is 9.99. The second-order valence-corrected chi connectivity index (χ2v) is 11.7. The minimum Gasteiger partial charge on any atom is -0.406 e. The van der Waals surface area contributed by atoms with Gasteiger partial charge in [0.25, 0.3) is 6.43 Å². The minimum absolute atomic E-state index is 0.0535. The Hall–Kier alpha value is -4.99. The third-order valence-electron chi connectivity index (χ3n) is 6.97. The molecule has 0 spiro atoms. The summed E-state index contributed by atoms with van der Waals surface area (Å²) in [6, 6.07) is 13.4. The number of hydrogen-bond acceptors (Lipinski definition) is 7. The minimum atomic E-state index is -4.84. The van der Waals surface area contributed by atoms with Crippen molar-refractivity contribution >= 4 is 45.9 Å². The van der Waals surface area contributed by atoms with E-state index in [1.54, 1.807) is 0 Å². The molecule has 1 N–H and O–H groups in total. The molecule has 0 unspecified atom stereocenters. The summed E-state index contributed by atoms with van der Waals surface area (Å²) >= 11 is 1.07. The van der Waals surface area contributed by atoms with Gasteiger partial charge in [-0.25, -0.2) is 23.2 Å². The number of halogens is 5. The fraction of sp³-hybridized carbons (Fsp3) is 0.258. The van der Waals surface area contributed by atoms with Crippen molar-refractivity contribution in [3.05, 3.63) is 78.1 Å². The topological polar surface area (TPSA) is 105 Å². The lowest BCUT2D eigenvalue weighted by Crippen LogP contribution is -2.31. The number of carbonyl (C=O) groups excluding carboxylic acids is 2. The lowest BCUT2D eigenvalue weighted by Gasteiger charge is -2.24. The van der Waals surface area contributed by atoms with Crippen LogP contribution in [-0.4, -0.2) is 58.1 Å². The molecule has 0 bridgehead atoms. The van der Waals surface area contributed by atoms with E-state index in [0.29, 0.717) is 11.4 Å². The number of urea groups is 1. The molecular weight excluding hydrogens is 645 g/mol. The van der Waals surface area contributed by atoms with E-state index in [0.717, 1.165) is 41.2 Å². The largest absolute Gasteiger partial charge is 0.573 e. The standard InChI is InChI=1S/C31H28F5N7O3S/c1-17(2)22-11-8-20(41(3)4)14-25(22)43-26(44)15-47-30(43)39-29(45)38-24-12-5-18(13-23(24)27(32)33)28-37-16-42(40-28)19-6-9-21(10-7-19)46-31(34,35)36/h5-14,16-17,27H,15H2,1-4H3,(H,38,45). The quantitative estimate of drug-likeness (QED) is 0.192. The van der Waals surface area contributed by atoms with Crippen LogP contribution in [0.1, 0.15) is 37.3 Å². The zero-order valence-electron chi connectivity index (χ0n) is 25.4. The number of aliphatic imine (C=N–C) groups is 1. The van der Waals surface area contributed by atoms with Gasteiger partial charge < -0.3 is 15.0 Å². The van der Waals surface area contributed by atoms with E-state index in [1.807, 2.05) is 51.0 Å². The van der Waals surface area contributed by atoms with E-state index in [1.165, 1.54) is 40.2 Å². The van der Waals surface area contributed by atoms with Crippen LogP contribution in [0, 0.1) is 0 Å². The van der Waals surface area contributed by atoms with Gasteiger partial charge >= 0.3 is 12.4 Å². The smallest absolute Gasteiger partial charge is 0.406 e. The van der Waals surface area contributed by atoms with Gasteiger partial charge in [0.15, 0.2) is 11.0 Å². The molecule has 3 amide bonds. The molecule has 47 heavy (non-hydrogen) atoms. The first-order chi connectivity index (χ1) is 22.2. The maximum Gasteiger partial charge on any atom is 0.573 e. The molecule has 1 fully saturated rings. The number of alkyl halides is 5. The molecule has 10 nitrogen and oxygen atoms in total. The average molecular weight is 674 g/mol. The van der Waals surface area contributed by atoms with Crippen molar-refractivity contribution in [1.29, 1.82) is 0 Å². The van der Waals surface area contributed by atoms with Crippen LogP contribution in [0.3, 0.4) is 0 Å². The molecule has 0 aliphatic carbocycles. The highest BCUT2D eigenvalue weighted by molar-refractivity contribution is 8.15. The van der Waals surface area contributed by atoms with Gasteiger partial charge in [0.05, 0.1) is 22.8 Å². The van der Waals surface area contributed by atoms with Gasteiger partial charge in [-0.15, -0.1) is 18.3 Å². The number of amidine groups is 1. The van der Waals surface area contributed by atoms with E-state index in [9.17, 15) is 31.5 Å². The second-order valence-electron chi connectivity index (χ2n) is 10.8. The first-order valence-corrected chi connectivity index (χ1v) is 15.1. The number of aromatic nitrogens is 3. The summed E-state index contributed by atoms with van der Waals surface area (Å²) < 4.78 is 70.8. The van der Waals surface area contributed by atoms with E-state index in [-0.39, 0.29) is 39.8 Å². The molecule has 3 aromatic carbocycles. The van der Waals surface area contributed by atoms with Crippen molar-refractivity contribution in [3.8, 4) is 22.8 Å². The van der Waals surface area contributed by atoms with Crippen LogP contribution in [0.25, 0.3) is 17.1 Å². The monoisotopic (exact) mass is 673 g/mol. The van der Waals surface area contributed by atoms with Crippen molar-refractivity contribution in [3.63, 3.8) is 0 Å². The van der Waals surface area contributed by atoms with Crippen LogP contribution < -0.4 is 19.9 Å². The van der Waals surface area contributed by atoms with Gasteiger partial charge in [-0.1, -0.05) is 31.7 Å². The molecule has 0 saturated carbocycles. The Bertz CT molecular complexity index is 1820. The predicted octanol–water partition coefficient (Wildman–Crippen LogP) is 7.63. The molecule has 246 valence electrons. The Morgan fingerprint density at radius 2 is 1.77 bits per heavy atom. The molecule has 1 saturated heterocycles. The van der Waals surface area contributed by atoms with Gasteiger partial charge in [0, 0.05) is 30.9 Å². The number of rotatable bonds is 8. The third kappa shape index (κ3) is 7.70. The van der Waals surface area contributed by atoms with Gasteiger partial charge in [-0.3, -0.25) is 9.69 Å². The Morgan fingerprint density at radius 1 is 1.04 bits per heavy atom. The predicted molar refractivity (Wildman–Crippen MR) is 170 cm³/mol. The summed E-state index contributed by atoms with van der Waals surface area (Å²) in [5.41, 5.74) is 2.13. The van der Waals surface area contributed by atoms with Crippen LogP contribution in [0.15, 0.2) is 72.0 Å². The maximum atomic E-state index is 14.2. The summed E-state index contributed by atoms with van der Waals surface area (Å²) in [6.07, 6.45) is -6.57. The zero-order chi connectivity index (χ0) is 34.0. The molecule has 1 aliphatic heterocycles. The van der Waals surface area contributed by atoms with Crippen molar-refractivity contribution in [2.75, 3.05) is 35.0 Å². The van der Waals surface area contributed by atoms with Crippen molar-refractivity contribution in [2.45, 2.75) is 32.6 Å². The maximum absolute atomic E-state index is 14.2. The van der Waals surface area contributed by atoms with Crippen molar-refractivity contribution in [2.24, 2.45) is 4.99 Å². The first-order valence-electron chi connectivity index (χ1n) is 14.1. The van der Waals surface area contributed by atoms with E-state index in [2.05, 4.69) is 25.1 Å². The number of carbonyl (C=O) groups is 2. The number of hydrogen-bond donors (Lipinski definition) is 1. The molecule has 1 aliphatic rings. The third-order valence-corrected chi connectivity index (χ3v) is 7.89. The Balaban J connectivity index is 1.37.